The number of hydrogen-bond acceptors (Lipinski definition) is 4. The normalized spacial score (nSPS) is 19.4. The van der Waals surface area contributed by atoms with Gasteiger partial charge >= 0.3 is 0 Å². The van der Waals surface area contributed by atoms with Crippen LogP contribution >= 0.6 is 12.4 Å². The molecule has 1 heterocycles. The van der Waals surface area contributed by atoms with E-state index >= 15 is 0 Å². The summed E-state index contributed by atoms with van der Waals surface area (Å²) < 4.78 is 24.3. The van der Waals surface area contributed by atoms with Gasteiger partial charge in [0.25, 0.3) is 0 Å². The van der Waals surface area contributed by atoms with E-state index in [0.29, 0.717) is 39.0 Å². The molecule has 1 saturated heterocycles. The largest absolute Gasteiger partial charge is 0.340 e. The number of carbonyl (C=O) groups is 1. The quantitative estimate of drug-likeness (QED) is 0.793. The lowest BCUT2D eigenvalue weighted by atomic mass is 10.1. The summed E-state index contributed by atoms with van der Waals surface area (Å²) in [6.45, 7) is 3.85. The molecule has 6 nitrogen and oxygen atoms in total. The SMILES string of the molecule is CCCC(N)C(=O)N1CCCN(S(C)(=O)=O)CC1.Cl. The van der Waals surface area contributed by atoms with E-state index in [2.05, 4.69) is 0 Å². The maximum atomic E-state index is 12.0. The first-order valence-electron chi connectivity index (χ1n) is 6.35. The fourth-order valence-corrected chi connectivity index (χ4v) is 2.99. The van der Waals surface area contributed by atoms with Gasteiger partial charge in [-0.15, -0.1) is 12.4 Å². The monoisotopic (exact) mass is 313 g/mol. The molecule has 1 rings (SSSR count). The Labute approximate surface area is 121 Å². The average molecular weight is 314 g/mol. The number of amides is 1. The molecule has 114 valence electrons. The Morgan fingerprint density at radius 1 is 1.26 bits per heavy atom. The predicted octanol–water partition coefficient (Wildman–Crippen LogP) is 0.0295. The van der Waals surface area contributed by atoms with Crippen LogP contribution < -0.4 is 5.73 Å². The second-order valence-corrected chi connectivity index (χ2v) is 6.72. The molecule has 0 saturated carbocycles. The Kier molecular flexibility index (Phi) is 7.88. The number of hydrogen-bond donors (Lipinski definition) is 1. The Balaban J connectivity index is 0.00000324. The van der Waals surface area contributed by atoms with E-state index in [0.717, 1.165) is 6.42 Å². The molecule has 1 amide bonds. The van der Waals surface area contributed by atoms with Gasteiger partial charge in [-0.1, -0.05) is 13.3 Å². The molecule has 8 heteroatoms. The van der Waals surface area contributed by atoms with Gasteiger partial charge in [-0.05, 0) is 12.8 Å². The fourth-order valence-electron chi connectivity index (χ4n) is 2.11. The van der Waals surface area contributed by atoms with Crippen LogP contribution in [0.2, 0.25) is 0 Å². The summed E-state index contributed by atoms with van der Waals surface area (Å²) in [5, 5.41) is 0. The van der Waals surface area contributed by atoms with Gasteiger partial charge in [0.1, 0.15) is 0 Å². The van der Waals surface area contributed by atoms with Crippen molar-refractivity contribution in [1.82, 2.24) is 9.21 Å². The van der Waals surface area contributed by atoms with Crippen LogP contribution in [0, 0.1) is 0 Å². The van der Waals surface area contributed by atoms with Gasteiger partial charge in [-0.2, -0.15) is 0 Å². The van der Waals surface area contributed by atoms with E-state index in [9.17, 15) is 13.2 Å². The lowest BCUT2D eigenvalue weighted by Crippen LogP contribution is -2.45. The molecule has 1 atom stereocenters. The van der Waals surface area contributed by atoms with Crippen molar-refractivity contribution in [2.24, 2.45) is 5.73 Å². The van der Waals surface area contributed by atoms with E-state index in [1.54, 1.807) is 4.90 Å². The van der Waals surface area contributed by atoms with Crippen molar-refractivity contribution < 1.29 is 13.2 Å². The zero-order chi connectivity index (χ0) is 13.8. The highest BCUT2D eigenvalue weighted by Crippen LogP contribution is 2.09. The third-order valence-corrected chi connectivity index (χ3v) is 4.46. The number of halogens is 1. The van der Waals surface area contributed by atoms with Crippen molar-refractivity contribution in [1.29, 1.82) is 0 Å². The molecule has 0 aromatic heterocycles. The maximum Gasteiger partial charge on any atom is 0.239 e. The number of nitrogens with two attached hydrogens (primary N) is 1. The third-order valence-electron chi connectivity index (χ3n) is 3.15. The van der Waals surface area contributed by atoms with E-state index in [4.69, 9.17) is 5.73 Å². The summed E-state index contributed by atoms with van der Waals surface area (Å²) in [5.41, 5.74) is 5.81. The number of sulfonamides is 1. The molecule has 1 aliphatic rings. The minimum absolute atomic E-state index is 0. The van der Waals surface area contributed by atoms with Crippen molar-refractivity contribution in [3.05, 3.63) is 0 Å². The molecule has 1 fully saturated rings. The molecule has 1 aliphatic heterocycles. The highest BCUT2D eigenvalue weighted by Gasteiger charge is 2.26. The van der Waals surface area contributed by atoms with Gasteiger partial charge in [0, 0.05) is 26.2 Å². The zero-order valence-corrected chi connectivity index (χ0v) is 13.2. The van der Waals surface area contributed by atoms with E-state index in [1.807, 2.05) is 6.92 Å². The molecule has 0 aromatic rings. The number of rotatable bonds is 4. The van der Waals surface area contributed by atoms with Gasteiger partial charge < -0.3 is 10.6 Å². The van der Waals surface area contributed by atoms with Gasteiger partial charge in [0.2, 0.25) is 15.9 Å². The Hall–Kier alpha value is -0.370. The number of carbonyl (C=O) groups excluding carboxylic acids is 1. The molecule has 0 aliphatic carbocycles. The molecule has 0 spiro atoms. The smallest absolute Gasteiger partial charge is 0.239 e. The van der Waals surface area contributed by atoms with E-state index in [-0.39, 0.29) is 18.3 Å². The van der Waals surface area contributed by atoms with Crippen LogP contribution in [0.3, 0.4) is 0 Å². The highest BCUT2D eigenvalue weighted by molar-refractivity contribution is 7.88. The van der Waals surface area contributed by atoms with Gasteiger partial charge in [-0.25, -0.2) is 12.7 Å². The fraction of sp³-hybridized carbons (Fsp3) is 0.909. The molecule has 19 heavy (non-hydrogen) atoms. The lowest BCUT2D eigenvalue weighted by Gasteiger charge is -2.24. The highest BCUT2D eigenvalue weighted by atomic mass is 35.5. The summed E-state index contributed by atoms with van der Waals surface area (Å²) in [6, 6.07) is -0.459. The summed E-state index contributed by atoms with van der Waals surface area (Å²) >= 11 is 0. The molecule has 2 N–H and O–H groups in total. The molecular formula is C11H24ClN3O3S. The minimum Gasteiger partial charge on any atom is -0.340 e. The van der Waals surface area contributed by atoms with Gasteiger partial charge in [0.15, 0.2) is 0 Å². The Bertz CT molecular complexity index is 389. The molecular weight excluding hydrogens is 290 g/mol. The topological polar surface area (TPSA) is 83.7 Å². The molecule has 1 unspecified atom stereocenters. The Morgan fingerprint density at radius 2 is 1.89 bits per heavy atom. The van der Waals surface area contributed by atoms with Crippen molar-refractivity contribution in [3.63, 3.8) is 0 Å². The van der Waals surface area contributed by atoms with Crippen LogP contribution in [-0.4, -0.2) is 62.0 Å². The molecule has 0 radical (unpaired) electrons. The lowest BCUT2D eigenvalue weighted by molar-refractivity contribution is -0.132. The second-order valence-electron chi connectivity index (χ2n) is 4.74. The number of nitrogens with zero attached hydrogens (tertiary/aromatic N) is 2. The van der Waals surface area contributed by atoms with Crippen molar-refractivity contribution in [2.75, 3.05) is 32.4 Å². The summed E-state index contributed by atoms with van der Waals surface area (Å²) in [5.74, 6) is -0.0628. The zero-order valence-electron chi connectivity index (χ0n) is 11.5. The van der Waals surface area contributed by atoms with Crippen LogP contribution in [0.1, 0.15) is 26.2 Å². The second kappa shape index (κ2) is 8.04. The van der Waals surface area contributed by atoms with Crippen LogP contribution in [0.15, 0.2) is 0 Å². The average Bonchev–Trinajstić information content (AvgIpc) is 2.53. The van der Waals surface area contributed by atoms with Crippen molar-refractivity contribution >= 4 is 28.3 Å². The molecule has 0 bridgehead atoms. The predicted molar refractivity (Wildman–Crippen MR) is 77.7 cm³/mol. The Morgan fingerprint density at radius 3 is 2.42 bits per heavy atom. The van der Waals surface area contributed by atoms with E-state index < -0.39 is 16.1 Å². The van der Waals surface area contributed by atoms with E-state index in [1.165, 1.54) is 10.6 Å². The summed E-state index contributed by atoms with van der Waals surface area (Å²) in [7, 11) is -3.16. The van der Waals surface area contributed by atoms with Crippen LogP contribution in [0.4, 0.5) is 0 Å². The maximum absolute atomic E-state index is 12.0. The van der Waals surface area contributed by atoms with Crippen LogP contribution in [0.5, 0.6) is 0 Å². The van der Waals surface area contributed by atoms with Gasteiger partial charge in [-0.3, -0.25) is 4.79 Å². The summed E-state index contributed by atoms with van der Waals surface area (Å²) in [4.78, 5) is 13.7. The van der Waals surface area contributed by atoms with Gasteiger partial charge in [0.05, 0.1) is 12.3 Å². The first kappa shape index (κ1) is 18.6. The summed E-state index contributed by atoms with van der Waals surface area (Å²) in [6.07, 6.45) is 3.41. The minimum atomic E-state index is -3.16. The third kappa shape index (κ3) is 5.64. The first-order chi connectivity index (χ1) is 8.36. The van der Waals surface area contributed by atoms with Crippen molar-refractivity contribution in [3.8, 4) is 0 Å². The van der Waals surface area contributed by atoms with Crippen molar-refractivity contribution in [2.45, 2.75) is 32.2 Å². The van der Waals surface area contributed by atoms with Crippen LogP contribution in [-0.2, 0) is 14.8 Å². The molecule has 0 aromatic carbocycles. The van der Waals surface area contributed by atoms with Crippen LogP contribution in [0.25, 0.3) is 0 Å². The first-order valence-corrected chi connectivity index (χ1v) is 8.20. The standard InChI is InChI=1S/C11H23N3O3S.ClH/c1-3-5-10(12)11(15)13-6-4-7-14(9-8-13)18(2,16)17;/h10H,3-9,12H2,1-2H3;1H.